The van der Waals surface area contributed by atoms with Gasteiger partial charge in [0.2, 0.25) is 0 Å². The molecule has 14 heavy (non-hydrogen) atoms. The monoisotopic (exact) mass is 184 g/mol. The fourth-order valence-corrected chi connectivity index (χ4v) is 2.11. The summed E-state index contributed by atoms with van der Waals surface area (Å²) in [4.78, 5) is 0. The molecule has 1 aromatic rings. The van der Waals surface area contributed by atoms with Gasteiger partial charge in [0.25, 0.3) is 0 Å². The first kappa shape index (κ1) is 9.70. The van der Waals surface area contributed by atoms with E-state index >= 15 is 0 Å². The number of hydrogen-bond acceptors (Lipinski definition) is 0. The van der Waals surface area contributed by atoms with Gasteiger partial charge in [0.05, 0.1) is 0 Å². The molecule has 0 amide bonds. The fraction of sp³-hybridized carbons (Fsp3) is 0.462. The molecule has 0 aromatic heterocycles. The third-order valence-electron chi connectivity index (χ3n) is 2.93. The van der Waals surface area contributed by atoms with Crippen molar-refractivity contribution in [1.82, 2.24) is 0 Å². The van der Waals surface area contributed by atoms with Crippen LogP contribution in [-0.4, -0.2) is 12.4 Å². The zero-order chi connectivity index (χ0) is 9.80. The van der Waals surface area contributed by atoms with E-state index in [4.69, 9.17) is 0 Å². The van der Waals surface area contributed by atoms with Crippen LogP contribution >= 0.6 is 0 Å². The van der Waals surface area contributed by atoms with Crippen LogP contribution in [0, 0.1) is 0 Å². The number of benzene rings is 1. The molecule has 2 rings (SSSR count). The molecule has 0 unspecified atom stereocenters. The van der Waals surface area contributed by atoms with Crippen LogP contribution in [0.3, 0.4) is 0 Å². The Hall–Kier alpha value is -0.845. The Labute approximate surface area is 87.3 Å². The molecule has 0 spiro atoms. The molecule has 1 aliphatic heterocycles. The Kier molecular flexibility index (Phi) is 3.18. The predicted octanol–water partition coefficient (Wildman–Crippen LogP) is 2.32. The molecule has 0 bridgehead atoms. The normalized spacial score (nSPS) is 13.4. The maximum absolute atomic E-state index is 2.38. The van der Waals surface area contributed by atoms with Crippen molar-refractivity contribution in [3.8, 4) is 0 Å². The van der Waals surface area contributed by atoms with Gasteiger partial charge in [-0.25, -0.2) is 0 Å². The summed E-state index contributed by atoms with van der Waals surface area (Å²) >= 11 is 0. The minimum absolute atomic E-state index is 1.19. The molecule has 0 fully saturated rings. The number of fused-ring (bicyclic) bond motifs is 1. The van der Waals surface area contributed by atoms with E-state index in [2.05, 4.69) is 38.1 Å². The summed E-state index contributed by atoms with van der Waals surface area (Å²) in [6.45, 7) is 4.64. The van der Waals surface area contributed by atoms with E-state index in [-0.39, 0.29) is 0 Å². The maximum atomic E-state index is 2.38. The summed E-state index contributed by atoms with van der Waals surface area (Å²) in [6.07, 6.45) is 6.53. The van der Waals surface area contributed by atoms with Crippen molar-refractivity contribution < 1.29 is 0 Å². The first-order chi connectivity index (χ1) is 6.90. The average molecular weight is 184 g/mol. The van der Waals surface area contributed by atoms with Gasteiger partial charge in [-0.05, 0) is 0 Å². The molecule has 0 N–H and O–H groups in total. The topological polar surface area (TPSA) is 0 Å². The van der Waals surface area contributed by atoms with E-state index in [0.717, 1.165) is 0 Å². The van der Waals surface area contributed by atoms with Crippen LogP contribution in [0.25, 0.3) is 0 Å². The second-order valence-electron chi connectivity index (χ2n) is 4.14. The van der Waals surface area contributed by atoms with Crippen molar-refractivity contribution in [3.63, 3.8) is 0 Å². The summed E-state index contributed by atoms with van der Waals surface area (Å²) in [5, 5.41) is 0. The van der Waals surface area contributed by atoms with Gasteiger partial charge >= 0.3 is 86.7 Å². The van der Waals surface area contributed by atoms with Crippen LogP contribution in [0.5, 0.6) is 0 Å². The Morgan fingerprint density at radius 1 is 1.21 bits per heavy atom. The van der Waals surface area contributed by atoms with Gasteiger partial charge in [-0.3, -0.25) is 0 Å². The van der Waals surface area contributed by atoms with E-state index in [1.54, 1.807) is 5.46 Å². The standard InChI is InChI=1S/C13H17B/c1-2-3-4-8-12-10-11-7-5-6-9-13(11)14-12/h5-7,9H,2-4,8,10H2,1H3. The molecule has 0 saturated carbocycles. The van der Waals surface area contributed by atoms with Crippen LogP contribution < -0.4 is 5.46 Å². The Bertz CT molecular complexity index is 339. The molecule has 1 aliphatic rings. The minimum atomic E-state index is 1.19. The summed E-state index contributed by atoms with van der Waals surface area (Å²) in [7, 11) is 0. The van der Waals surface area contributed by atoms with Crippen molar-refractivity contribution in [2.24, 2.45) is 0 Å². The molecule has 0 aliphatic carbocycles. The van der Waals surface area contributed by atoms with Gasteiger partial charge in [0.1, 0.15) is 0 Å². The molecule has 0 saturated heterocycles. The van der Waals surface area contributed by atoms with Gasteiger partial charge < -0.3 is 0 Å². The van der Waals surface area contributed by atoms with Crippen LogP contribution in [0.15, 0.2) is 24.3 Å². The van der Waals surface area contributed by atoms with Crippen LogP contribution in [0.4, 0.5) is 0 Å². The number of unbranched alkanes of at least 4 members (excludes halogenated alkanes) is 2. The number of hydrogen-bond donors (Lipinski definition) is 0. The van der Waals surface area contributed by atoms with Crippen molar-refractivity contribution in [3.05, 3.63) is 29.8 Å². The SMILES string of the molecule is CCCCCC1=Bc2ccccc2C1. The molecule has 0 nitrogen and oxygen atoms in total. The van der Waals surface area contributed by atoms with E-state index in [1.807, 2.05) is 0 Å². The number of rotatable bonds is 4. The van der Waals surface area contributed by atoms with Gasteiger partial charge in [-0.15, -0.1) is 0 Å². The van der Waals surface area contributed by atoms with Crippen molar-refractivity contribution in [1.29, 1.82) is 0 Å². The van der Waals surface area contributed by atoms with E-state index in [1.165, 1.54) is 43.1 Å². The Balaban J connectivity index is 1.95. The predicted molar refractivity (Wildman–Crippen MR) is 64.7 cm³/mol. The van der Waals surface area contributed by atoms with Gasteiger partial charge in [-0.2, -0.15) is 0 Å². The van der Waals surface area contributed by atoms with Crippen LogP contribution in [0.1, 0.15) is 38.2 Å². The van der Waals surface area contributed by atoms with Gasteiger partial charge in [-0.1, -0.05) is 0 Å². The second-order valence-corrected chi connectivity index (χ2v) is 4.14. The molecule has 1 heteroatoms. The molecular weight excluding hydrogens is 167 g/mol. The van der Waals surface area contributed by atoms with Crippen LogP contribution in [-0.2, 0) is 6.42 Å². The van der Waals surface area contributed by atoms with Crippen molar-refractivity contribution in [2.75, 3.05) is 0 Å². The van der Waals surface area contributed by atoms with E-state index in [0.29, 0.717) is 0 Å². The molecule has 72 valence electrons. The molecule has 1 aromatic carbocycles. The second kappa shape index (κ2) is 4.59. The molecule has 1 heterocycles. The Morgan fingerprint density at radius 2 is 2.07 bits per heavy atom. The third-order valence-corrected chi connectivity index (χ3v) is 2.93. The zero-order valence-corrected chi connectivity index (χ0v) is 8.92. The first-order valence-corrected chi connectivity index (χ1v) is 5.67. The molecule has 0 atom stereocenters. The summed E-state index contributed by atoms with van der Waals surface area (Å²) < 4.78 is 0. The summed E-state index contributed by atoms with van der Waals surface area (Å²) in [6, 6.07) is 8.74. The van der Waals surface area contributed by atoms with Gasteiger partial charge in [0.15, 0.2) is 0 Å². The van der Waals surface area contributed by atoms with Crippen molar-refractivity contribution >= 4 is 17.8 Å². The average Bonchev–Trinajstić information content (AvgIpc) is 2.60. The molecule has 0 radical (unpaired) electrons. The molecular formula is C13H17B. The Morgan fingerprint density at radius 3 is 2.86 bits per heavy atom. The van der Waals surface area contributed by atoms with Gasteiger partial charge in [0, 0.05) is 0 Å². The van der Waals surface area contributed by atoms with Crippen molar-refractivity contribution in [2.45, 2.75) is 39.0 Å². The first-order valence-electron chi connectivity index (χ1n) is 5.67. The zero-order valence-electron chi connectivity index (χ0n) is 8.92. The fourth-order valence-electron chi connectivity index (χ4n) is 2.11. The van der Waals surface area contributed by atoms with Crippen LogP contribution in [0.2, 0.25) is 0 Å². The quantitative estimate of drug-likeness (QED) is 0.497. The summed E-state index contributed by atoms with van der Waals surface area (Å²) in [5.41, 5.74) is 4.58. The summed E-state index contributed by atoms with van der Waals surface area (Å²) in [5.74, 6) is 0. The van der Waals surface area contributed by atoms with E-state index in [9.17, 15) is 0 Å². The third kappa shape index (κ3) is 2.15. The van der Waals surface area contributed by atoms with E-state index < -0.39 is 0 Å².